The lowest BCUT2D eigenvalue weighted by Crippen LogP contribution is -2.44. The number of aliphatic hydroxyl groups excluding tert-OH is 1. The molecule has 3 nitrogen and oxygen atoms in total. The Balaban J connectivity index is 2.38. The van der Waals surface area contributed by atoms with Gasteiger partial charge in [0.1, 0.15) is 0 Å². The highest BCUT2D eigenvalue weighted by atomic mass is 16.5. The number of rotatable bonds is 6. The Bertz CT molecular complexity index is 157. The number of nitrogens with two attached hydrogens (primary N) is 1. The van der Waals surface area contributed by atoms with Gasteiger partial charge in [-0.25, -0.2) is 0 Å². The predicted octanol–water partition coefficient (Wildman–Crippen LogP) is 1.29. The Morgan fingerprint density at radius 2 is 2.07 bits per heavy atom. The van der Waals surface area contributed by atoms with Gasteiger partial charge in [-0.05, 0) is 32.1 Å². The van der Waals surface area contributed by atoms with E-state index in [9.17, 15) is 0 Å². The van der Waals surface area contributed by atoms with Crippen molar-refractivity contribution in [3.63, 3.8) is 0 Å². The van der Waals surface area contributed by atoms with Crippen molar-refractivity contribution in [3.8, 4) is 0 Å². The molecule has 3 heteroatoms. The van der Waals surface area contributed by atoms with Crippen LogP contribution in [0.5, 0.6) is 0 Å². The molecule has 0 aromatic carbocycles. The molecule has 3 N–H and O–H groups in total. The molecule has 0 amide bonds. The monoisotopic (exact) mass is 201 g/mol. The number of aliphatic hydroxyl groups is 1. The molecule has 0 saturated heterocycles. The van der Waals surface area contributed by atoms with E-state index in [0.29, 0.717) is 25.5 Å². The summed E-state index contributed by atoms with van der Waals surface area (Å²) in [6, 6.07) is 0. The summed E-state index contributed by atoms with van der Waals surface area (Å²) in [5.74, 6) is 0.617. The summed E-state index contributed by atoms with van der Waals surface area (Å²) in [5.41, 5.74) is 5.62. The molecule has 1 saturated carbocycles. The van der Waals surface area contributed by atoms with Gasteiger partial charge in [-0.3, -0.25) is 0 Å². The van der Waals surface area contributed by atoms with E-state index in [1.807, 2.05) is 0 Å². The van der Waals surface area contributed by atoms with Gasteiger partial charge in [-0.15, -0.1) is 0 Å². The summed E-state index contributed by atoms with van der Waals surface area (Å²) in [5, 5.41) is 8.69. The smallest absolute Gasteiger partial charge is 0.0804 e. The Hall–Kier alpha value is -0.120. The topological polar surface area (TPSA) is 55.5 Å². The summed E-state index contributed by atoms with van der Waals surface area (Å²) < 4.78 is 5.82. The molecule has 1 aliphatic rings. The van der Waals surface area contributed by atoms with Gasteiger partial charge in [0.2, 0.25) is 0 Å². The van der Waals surface area contributed by atoms with E-state index in [4.69, 9.17) is 15.6 Å². The quantitative estimate of drug-likeness (QED) is 0.637. The van der Waals surface area contributed by atoms with Crippen LogP contribution in [0.3, 0.4) is 0 Å². The van der Waals surface area contributed by atoms with Gasteiger partial charge in [-0.2, -0.15) is 0 Å². The van der Waals surface area contributed by atoms with Crippen LogP contribution in [0.1, 0.15) is 39.0 Å². The van der Waals surface area contributed by atoms with Gasteiger partial charge in [0.15, 0.2) is 0 Å². The van der Waals surface area contributed by atoms with Crippen molar-refractivity contribution in [3.05, 3.63) is 0 Å². The van der Waals surface area contributed by atoms with Crippen molar-refractivity contribution in [2.45, 2.75) is 44.6 Å². The fraction of sp³-hybridized carbons (Fsp3) is 1.00. The highest BCUT2D eigenvalue weighted by Crippen LogP contribution is 2.35. The minimum atomic E-state index is -0.161. The lowest BCUT2D eigenvalue weighted by molar-refractivity contribution is -0.0688. The largest absolute Gasteiger partial charge is 0.396 e. The molecule has 1 atom stereocenters. The van der Waals surface area contributed by atoms with Crippen LogP contribution in [0.15, 0.2) is 0 Å². The van der Waals surface area contributed by atoms with Crippen LogP contribution in [0.4, 0.5) is 0 Å². The summed E-state index contributed by atoms with van der Waals surface area (Å²) in [6.45, 7) is 3.52. The minimum Gasteiger partial charge on any atom is -0.396 e. The van der Waals surface area contributed by atoms with Crippen LogP contribution in [0.25, 0.3) is 0 Å². The van der Waals surface area contributed by atoms with E-state index in [0.717, 1.165) is 0 Å². The maximum absolute atomic E-state index is 8.69. The number of hydrogen-bond donors (Lipinski definition) is 2. The first-order chi connectivity index (χ1) is 6.73. The van der Waals surface area contributed by atoms with Crippen molar-refractivity contribution < 1.29 is 9.84 Å². The lowest BCUT2D eigenvalue weighted by atomic mass is 9.87. The molecule has 0 aromatic rings. The van der Waals surface area contributed by atoms with E-state index >= 15 is 0 Å². The molecule has 1 rings (SSSR count). The maximum atomic E-state index is 8.69. The molecule has 14 heavy (non-hydrogen) atoms. The molecule has 0 radical (unpaired) electrons. The summed E-state index contributed by atoms with van der Waals surface area (Å²) in [4.78, 5) is 0. The van der Waals surface area contributed by atoms with Gasteiger partial charge >= 0.3 is 0 Å². The summed E-state index contributed by atoms with van der Waals surface area (Å²) in [6.07, 6.45) is 5.81. The Morgan fingerprint density at radius 3 is 2.57 bits per heavy atom. The second-order valence-electron chi connectivity index (χ2n) is 4.42. The molecule has 84 valence electrons. The van der Waals surface area contributed by atoms with E-state index in [1.54, 1.807) is 0 Å². The van der Waals surface area contributed by atoms with E-state index in [2.05, 4.69) is 6.92 Å². The molecule has 1 aliphatic carbocycles. The fourth-order valence-corrected chi connectivity index (χ4v) is 2.25. The molecule has 1 unspecified atom stereocenters. The molecule has 0 bridgehead atoms. The Morgan fingerprint density at radius 1 is 1.43 bits per heavy atom. The van der Waals surface area contributed by atoms with Crippen LogP contribution < -0.4 is 5.73 Å². The zero-order valence-corrected chi connectivity index (χ0v) is 9.17. The van der Waals surface area contributed by atoms with Crippen molar-refractivity contribution in [2.75, 3.05) is 19.8 Å². The van der Waals surface area contributed by atoms with Crippen LogP contribution in [-0.4, -0.2) is 30.5 Å². The predicted molar refractivity (Wildman–Crippen MR) is 57.1 cm³/mol. The Labute approximate surface area is 86.6 Å². The van der Waals surface area contributed by atoms with Crippen molar-refractivity contribution >= 4 is 0 Å². The average Bonchev–Trinajstić information content (AvgIpc) is 2.71. The zero-order valence-electron chi connectivity index (χ0n) is 9.17. The van der Waals surface area contributed by atoms with Crippen LogP contribution >= 0.6 is 0 Å². The molecule has 0 aromatic heterocycles. The minimum absolute atomic E-state index is 0.161. The molecule has 1 fully saturated rings. The normalized spacial score (nSPS) is 22.5. The van der Waals surface area contributed by atoms with E-state index in [-0.39, 0.29) is 12.2 Å². The van der Waals surface area contributed by atoms with E-state index < -0.39 is 0 Å². The number of hydrogen-bond acceptors (Lipinski definition) is 3. The SMILES string of the molecule is CC(CN)(OCCCO)C1CCCC1. The molecule has 0 heterocycles. The first kappa shape index (κ1) is 12.0. The fourth-order valence-electron chi connectivity index (χ4n) is 2.25. The van der Waals surface area contributed by atoms with Crippen molar-refractivity contribution in [1.82, 2.24) is 0 Å². The van der Waals surface area contributed by atoms with E-state index in [1.165, 1.54) is 25.7 Å². The molecule has 0 spiro atoms. The van der Waals surface area contributed by atoms with Crippen LogP contribution in [-0.2, 0) is 4.74 Å². The third-order valence-electron chi connectivity index (χ3n) is 3.36. The molecular formula is C11H23NO2. The van der Waals surface area contributed by atoms with Gasteiger partial charge in [-0.1, -0.05) is 12.8 Å². The first-order valence-electron chi connectivity index (χ1n) is 5.68. The van der Waals surface area contributed by atoms with Crippen molar-refractivity contribution in [1.29, 1.82) is 0 Å². The van der Waals surface area contributed by atoms with Crippen molar-refractivity contribution in [2.24, 2.45) is 11.7 Å². The second-order valence-corrected chi connectivity index (χ2v) is 4.42. The molecular weight excluding hydrogens is 178 g/mol. The van der Waals surface area contributed by atoms with Crippen LogP contribution in [0, 0.1) is 5.92 Å². The third-order valence-corrected chi connectivity index (χ3v) is 3.36. The number of ether oxygens (including phenoxy) is 1. The second kappa shape index (κ2) is 5.69. The van der Waals surface area contributed by atoms with Gasteiger partial charge in [0.05, 0.1) is 5.60 Å². The van der Waals surface area contributed by atoms with Gasteiger partial charge < -0.3 is 15.6 Å². The van der Waals surface area contributed by atoms with Gasteiger partial charge in [0, 0.05) is 19.8 Å². The zero-order chi connectivity index (χ0) is 10.4. The molecule has 0 aliphatic heterocycles. The lowest BCUT2D eigenvalue weighted by Gasteiger charge is -2.34. The standard InChI is InChI=1S/C11H23NO2/c1-11(9-12,14-8-4-7-13)10-5-2-3-6-10/h10,13H,2-9,12H2,1H3. The van der Waals surface area contributed by atoms with Gasteiger partial charge in [0.25, 0.3) is 0 Å². The highest BCUT2D eigenvalue weighted by molar-refractivity contribution is 4.88. The third kappa shape index (κ3) is 2.94. The highest BCUT2D eigenvalue weighted by Gasteiger charge is 2.35. The van der Waals surface area contributed by atoms with Crippen LogP contribution in [0.2, 0.25) is 0 Å². The average molecular weight is 201 g/mol. The first-order valence-corrected chi connectivity index (χ1v) is 5.68. The summed E-state index contributed by atoms with van der Waals surface area (Å²) in [7, 11) is 0. The Kier molecular flexibility index (Phi) is 4.85. The summed E-state index contributed by atoms with van der Waals surface area (Å²) >= 11 is 0. The maximum Gasteiger partial charge on any atom is 0.0804 e.